The van der Waals surface area contributed by atoms with E-state index < -0.39 is 28.1 Å². The fourth-order valence-electron chi connectivity index (χ4n) is 1.44. The Kier molecular flexibility index (Phi) is 3.66. The van der Waals surface area contributed by atoms with Gasteiger partial charge in [0, 0.05) is 5.69 Å². The van der Waals surface area contributed by atoms with Gasteiger partial charge in [0.1, 0.15) is 17.4 Å². The number of anilines is 1. The molecule has 0 fully saturated rings. The Morgan fingerprint density at radius 2 is 1.74 bits per heavy atom. The zero-order chi connectivity index (χ0) is 14.0. The van der Waals surface area contributed by atoms with Crippen LogP contribution >= 0.6 is 11.6 Å². The predicted octanol–water partition coefficient (Wildman–Crippen LogP) is 3.58. The Labute approximate surface area is 112 Å². The van der Waals surface area contributed by atoms with Gasteiger partial charge in [-0.1, -0.05) is 11.6 Å². The second-order valence-corrected chi connectivity index (χ2v) is 4.15. The Bertz CT molecular complexity index is 629. The lowest BCUT2D eigenvalue weighted by atomic mass is 10.2. The lowest BCUT2D eigenvalue weighted by Gasteiger charge is -2.07. The van der Waals surface area contributed by atoms with Gasteiger partial charge in [0.05, 0.1) is 10.6 Å². The van der Waals surface area contributed by atoms with Gasteiger partial charge in [0.2, 0.25) is 0 Å². The third kappa shape index (κ3) is 3.00. The van der Waals surface area contributed by atoms with Gasteiger partial charge in [-0.15, -0.1) is 0 Å². The molecule has 3 nitrogen and oxygen atoms in total. The minimum Gasteiger partial charge on any atom is -0.508 e. The minimum absolute atomic E-state index is 0.0294. The number of phenolic OH excluding ortho intramolecular Hbond substituents is 1. The van der Waals surface area contributed by atoms with Gasteiger partial charge in [-0.25, -0.2) is 8.78 Å². The first kappa shape index (κ1) is 13.3. The van der Waals surface area contributed by atoms with Crippen LogP contribution in [-0.2, 0) is 0 Å². The first-order chi connectivity index (χ1) is 8.97. The third-order valence-corrected chi connectivity index (χ3v) is 2.67. The van der Waals surface area contributed by atoms with Crippen molar-refractivity contribution in [2.24, 2.45) is 0 Å². The molecular weight excluding hydrogens is 276 g/mol. The summed E-state index contributed by atoms with van der Waals surface area (Å²) in [5, 5.41) is 11.1. The molecule has 0 aromatic heterocycles. The summed E-state index contributed by atoms with van der Waals surface area (Å²) in [6.45, 7) is 0. The van der Waals surface area contributed by atoms with E-state index in [1.54, 1.807) is 0 Å². The number of nitrogens with one attached hydrogen (secondary N) is 1. The van der Waals surface area contributed by atoms with Gasteiger partial charge >= 0.3 is 0 Å². The summed E-state index contributed by atoms with van der Waals surface area (Å²) in [7, 11) is 0. The number of rotatable bonds is 2. The summed E-state index contributed by atoms with van der Waals surface area (Å²) in [5.74, 6) is -2.57. The van der Waals surface area contributed by atoms with Gasteiger partial charge in [-0.05, 0) is 36.4 Å². The summed E-state index contributed by atoms with van der Waals surface area (Å²) in [5.41, 5.74) is -0.104. The zero-order valence-electron chi connectivity index (χ0n) is 9.45. The summed E-state index contributed by atoms with van der Waals surface area (Å²) in [6.07, 6.45) is 0. The third-order valence-electron chi connectivity index (χ3n) is 2.38. The standard InChI is InChI=1S/C13H8ClF2NO2/c14-10-6-11(15)9(5-12(10)16)13(19)17-7-1-3-8(18)4-2-7/h1-6,18H,(H,17,19). The second kappa shape index (κ2) is 5.24. The van der Waals surface area contributed by atoms with E-state index in [1.165, 1.54) is 24.3 Å². The van der Waals surface area contributed by atoms with E-state index in [1.807, 2.05) is 0 Å². The number of halogens is 3. The first-order valence-corrected chi connectivity index (χ1v) is 5.60. The average Bonchev–Trinajstić information content (AvgIpc) is 2.36. The highest BCUT2D eigenvalue weighted by atomic mass is 35.5. The smallest absolute Gasteiger partial charge is 0.258 e. The number of carbonyl (C=O) groups is 1. The number of benzene rings is 2. The van der Waals surface area contributed by atoms with Crippen LogP contribution in [0.2, 0.25) is 5.02 Å². The molecule has 0 radical (unpaired) electrons. The molecule has 6 heteroatoms. The van der Waals surface area contributed by atoms with Gasteiger partial charge in [-0.2, -0.15) is 0 Å². The molecule has 0 atom stereocenters. The van der Waals surface area contributed by atoms with Crippen molar-refractivity contribution in [3.05, 3.63) is 58.6 Å². The average molecular weight is 284 g/mol. The van der Waals surface area contributed by atoms with Crippen molar-refractivity contribution in [2.75, 3.05) is 5.32 Å². The lowest BCUT2D eigenvalue weighted by Crippen LogP contribution is -2.14. The monoisotopic (exact) mass is 283 g/mol. The molecule has 2 rings (SSSR count). The first-order valence-electron chi connectivity index (χ1n) is 5.22. The maximum Gasteiger partial charge on any atom is 0.258 e. The molecule has 0 saturated heterocycles. The van der Waals surface area contributed by atoms with Crippen molar-refractivity contribution in [1.82, 2.24) is 0 Å². The van der Waals surface area contributed by atoms with E-state index in [2.05, 4.69) is 5.32 Å². The molecule has 2 N–H and O–H groups in total. The van der Waals surface area contributed by atoms with Crippen LogP contribution in [0.5, 0.6) is 5.75 Å². The predicted molar refractivity (Wildman–Crippen MR) is 67.4 cm³/mol. The number of aromatic hydroxyl groups is 1. The highest BCUT2D eigenvalue weighted by Gasteiger charge is 2.15. The van der Waals surface area contributed by atoms with Gasteiger partial charge in [-0.3, -0.25) is 4.79 Å². The molecule has 0 aliphatic carbocycles. The fraction of sp³-hybridized carbons (Fsp3) is 0. The highest BCUT2D eigenvalue weighted by Crippen LogP contribution is 2.21. The molecule has 0 aliphatic rings. The van der Waals surface area contributed by atoms with Crippen molar-refractivity contribution in [3.63, 3.8) is 0 Å². The SMILES string of the molecule is O=C(Nc1ccc(O)cc1)c1cc(F)c(Cl)cc1F. The van der Waals surface area contributed by atoms with Crippen molar-refractivity contribution in [1.29, 1.82) is 0 Å². The Morgan fingerprint density at radius 3 is 2.37 bits per heavy atom. The normalized spacial score (nSPS) is 10.3. The molecule has 98 valence electrons. The molecule has 2 aromatic rings. The Hall–Kier alpha value is -2.14. The lowest BCUT2D eigenvalue weighted by molar-refractivity contribution is 0.102. The Morgan fingerprint density at radius 1 is 1.11 bits per heavy atom. The van der Waals surface area contributed by atoms with E-state index in [4.69, 9.17) is 16.7 Å². The fourth-order valence-corrected chi connectivity index (χ4v) is 1.59. The molecule has 1 amide bonds. The van der Waals surface area contributed by atoms with Crippen LogP contribution < -0.4 is 5.32 Å². The van der Waals surface area contributed by atoms with Crippen molar-refractivity contribution < 1.29 is 18.7 Å². The largest absolute Gasteiger partial charge is 0.508 e. The number of amides is 1. The van der Waals surface area contributed by atoms with Crippen LogP contribution in [0, 0.1) is 11.6 Å². The van der Waals surface area contributed by atoms with E-state index in [-0.39, 0.29) is 5.75 Å². The molecule has 0 saturated carbocycles. The second-order valence-electron chi connectivity index (χ2n) is 3.75. The highest BCUT2D eigenvalue weighted by molar-refractivity contribution is 6.30. The zero-order valence-corrected chi connectivity index (χ0v) is 10.2. The number of hydrogen-bond donors (Lipinski definition) is 2. The summed E-state index contributed by atoms with van der Waals surface area (Å²) >= 11 is 5.39. The maximum atomic E-state index is 13.5. The van der Waals surface area contributed by atoms with Crippen LogP contribution in [0.25, 0.3) is 0 Å². The summed E-state index contributed by atoms with van der Waals surface area (Å²) < 4.78 is 26.7. The minimum atomic E-state index is -0.914. The molecule has 0 spiro atoms. The van der Waals surface area contributed by atoms with E-state index >= 15 is 0 Å². The van der Waals surface area contributed by atoms with Crippen LogP contribution in [0.3, 0.4) is 0 Å². The van der Waals surface area contributed by atoms with E-state index in [0.717, 1.165) is 12.1 Å². The quantitative estimate of drug-likeness (QED) is 0.654. The van der Waals surface area contributed by atoms with Gasteiger partial charge in [0.25, 0.3) is 5.91 Å². The maximum absolute atomic E-state index is 13.5. The topological polar surface area (TPSA) is 49.3 Å². The molecule has 0 heterocycles. The molecule has 0 unspecified atom stereocenters. The molecule has 2 aromatic carbocycles. The van der Waals surface area contributed by atoms with Crippen LogP contribution in [-0.4, -0.2) is 11.0 Å². The molecule has 0 bridgehead atoms. The van der Waals surface area contributed by atoms with Crippen LogP contribution in [0.4, 0.5) is 14.5 Å². The van der Waals surface area contributed by atoms with Crippen LogP contribution in [0.1, 0.15) is 10.4 Å². The summed E-state index contributed by atoms with van der Waals surface area (Å²) in [6, 6.07) is 7.04. The van der Waals surface area contributed by atoms with Gasteiger partial charge < -0.3 is 10.4 Å². The van der Waals surface area contributed by atoms with Crippen molar-refractivity contribution in [3.8, 4) is 5.75 Å². The Balaban J connectivity index is 2.25. The van der Waals surface area contributed by atoms with E-state index in [9.17, 15) is 13.6 Å². The van der Waals surface area contributed by atoms with Crippen LogP contribution in [0.15, 0.2) is 36.4 Å². The number of phenols is 1. The number of hydrogen-bond acceptors (Lipinski definition) is 2. The van der Waals surface area contributed by atoms with Crippen molar-refractivity contribution in [2.45, 2.75) is 0 Å². The van der Waals surface area contributed by atoms with Crippen molar-refractivity contribution >= 4 is 23.2 Å². The number of carbonyl (C=O) groups excluding carboxylic acids is 1. The van der Waals surface area contributed by atoms with E-state index in [0.29, 0.717) is 5.69 Å². The molecule has 0 aliphatic heterocycles. The summed E-state index contributed by atoms with van der Waals surface area (Å²) in [4.78, 5) is 11.8. The molecule has 19 heavy (non-hydrogen) atoms. The van der Waals surface area contributed by atoms with Gasteiger partial charge in [0.15, 0.2) is 0 Å². The molecular formula is C13H8ClF2NO2.